The van der Waals surface area contributed by atoms with Crippen LogP contribution in [0, 0.1) is 0 Å². The fourth-order valence-electron chi connectivity index (χ4n) is 8.16. The molecule has 0 aromatic carbocycles. The molecule has 2 rings (SSSR count). The first-order valence-corrected chi connectivity index (χ1v) is 25.9. The Morgan fingerprint density at radius 2 is 0.908 bits per heavy atom. The molecule has 0 saturated carbocycles. The van der Waals surface area contributed by atoms with Crippen molar-refractivity contribution in [3.8, 4) is 0 Å². The fraction of sp³-hybridized carbons (Fsp3) is 0.902. The summed E-state index contributed by atoms with van der Waals surface area (Å²) in [7, 11) is 0. The first-order chi connectivity index (χ1) is 31.6. The molecule has 14 nitrogen and oxygen atoms in total. The van der Waals surface area contributed by atoms with E-state index in [4.69, 9.17) is 28.4 Å². The molecule has 0 aliphatic carbocycles. The first-order valence-electron chi connectivity index (χ1n) is 25.9. The van der Waals surface area contributed by atoms with Gasteiger partial charge in [-0.05, 0) is 64.2 Å². The lowest BCUT2D eigenvalue weighted by Gasteiger charge is -2.42. The maximum Gasteiger partial charge on any atom is 0.306 e. The van der Waals surface area contributed by atoms with E-state index in [1.165, 1.54) is 103 Å². The predicted molar refractivity (Wildman–Crippen MR) is 252 cm³/mol. The average Bonchev–Trinajstić information content (AvgIpc) is 3.30. The minimum absolute atomic E-state index is 0.0564. The molecule has 0 amide bonds. The molecule has 2 saturated heterocycles. The van der Waals surface area contributed by atoms with Crippen molar-refractivity contribution >= 4 is 5.97 Å². The van der Waals surface area contributed by atoms with Crippen LogP contribution < -0.4 is 0 Å². The standard InChI is InChI=1S/C51H94O14/c1-3-5-7-9-11-13-15-17-19-21-23-25-27-29-31-33-35-60-37-40(63-43(53)34-32-30-28-26-24-22-20-18-16-14-12-10-8-6-4-2)38-61-50-49(59)47(57)45(55)42(65-50)39-62-51-48(58)46(56)44(54)41(36-52)64-51/h17-20,40-42,44-52,54-59H,3-16,21-39H2,1-2H3/b19-17-,20-18-. The van der Waals surface area contributed by atoms with Crippen molar-refractivity contribution in [2.24, 2.45) is 0 Å². The van der Waals surface area contributed by atoms with Gasteiger partial charge in [0.1, 0.15) is 54.9 Å². The van der Waals surface area contributed by atoms with Crippen molar-refractivity contribution in [3.05, 3.63) is 24.3 Å². The lowest BCUT2D eigenvalue weighted by molar-refractivity contribution is -0.332. The van der Waals surface area contributed by atoms with E-state index in [-0.39, 0.29) is 25.6 Å². The molecule has 11 unspecified atom stereocenters. The van der Waals surface area contributed by atoms with Gasteiger partial charge in [0, 0.05) is 13.0 Å². The van der Waals surface area contributed by atoms with E-state index in [1.54, 1.807) is 0 Å². The van der Waals surface area contributed by atoms with Crippen LogP contribution in [0.1, 0.15) is 194 Å². The number of hydrogen-bond donors (Lipinski definition) is 7. The van der Waals surface area contributed by atoms with Gasteiger partial charge in [-0.3, -0.25) is 4.79 Å². The minimum Gasteiger partial charge on any atom is -0.457 e. The molecule has 65 heavy (non-hydrogen) atoms. The van der Waals surface area contributed by atoms with Crippen LogP contribution in [0.3, 0.4) is 0 Å². The van der Waals surface area contributed by atoms with Crippen LogP contribution in [0.4, 0.5) is 0 Å². The number of aliphatic hydroxyl groups is 7. The molecule has 7 N–H and O–H groups in total. The Bertz CT molecular complexity index is 1170. The summed E-state index contributed by atoms with van der Waals surface area (Å²) < 4.78 is 34.3. The Morgan fingerprint density at radius 1 is 0.492 bits per heavy atom. The largest absolute Gasteiger partial charge is 0.457 e. The van der Waals surface area contributed by atoms with Gasteiger partial charge in [-0.15, -0.1) is 0 Å². The molecule has 2 aliphatic heterocycles. The Kier molecular flexibility index (Phi) is 36.1. The van der Waals surface area contributed by atoms with Crippen molar-refractivity contribution in [2.75, 3.05) is 33.0 Å². The molecule has 382 valence electrons. The van der Waals surface area contributed by atoms with Crippen molar-refractivity contribution < 1.29 is 69.0 Å². The van der Waals surface area contributed by atoms with Gasteiger partial charge in [0.15, 0.2) is 12.6 Å². The van der Waals surface area contributed by atoms with Crippen LogP contribution in [0.5, 0.6) is 0 Å². The van der Waals surface area contributed by atoms with E-state index >= 15 is 0 Å². The van der Waals surface area contributed by atoms with E-state index in [0.29, 0.717) is 13.0 Å². The van der Waals surface area contributed by atoms with Gasteiger partial charge in [-0.1, -0.05) is 147 Å². The molecule has 0 spiro atoms. The molecule has 2 aliphatic rings. The highest BCUT2D eigenvalue weighted by Gasteiger charge is 2.47. The number of carbonyl (C=O) groups excluding carboxylic acids is 1. The van der Waals surface area contributed by atoms with Crippen LogP contribution in [0.25, 0.3) is 0 Å². The smallest absolute Gasteiger partial charge is 0.306 e. The zero-order valence-corrected chi connectivity index (χ0v) is 40.5. The summed E-state index contributed by atoms with van der Waals surface area (Å²) in [5.41, 5.74) is 0. The molecule has 2 fully saturated rings. The number of aliphatic hydroxyl groups excluding tert-OH is 7. The third-order valence-electron chi connectivity index (χ3n) is 12.4. The molecule has 14 heteroatoms. The van der Waals surface area contributed by atoms with Crippen molar-refractivity contribution in [2.45, 2.75) is 261 Å². The van der Waals surface area contributed by atoms with Crippen LogP contribution >= 0.6 is 0 Å². The number of allylic oxidation sites excluding steroid dienone is 4. The van der Waals surface area contributed by atoms with Crippen LogP contribution in [0.15, 0.2) is 24.3 Å². The highest BCUT2D eigenvalue weighted by atomic mass is 16.7. The Balaban J connectivity index is 1.78. The van der Waals surface area contributed by atoms with Gasteiger partial charge < -0.3 is 64.2 Å². The van der Waals surface area contributed by atoms with E-state index in [0.717, 1.165) is 64.2 Å². The molecule has 0 bridgehead atoms. The molecule has 0 radical (unpaired) electrons. The fourth-order valence-corrected chi connectivity index (χ4v) is 8.16. The minimum atomic E-state index is -1.71. The first kappa shape index (κ1) is 59.6. The second-order valence-corrected chi connectivity index (χ2v) is 18.3. The zero-order valence-electron chi connectivity index (χ0n) is 40.5. The number of esters is 1. The number of rotatable bonds is 41. The van der Waals surface area contributed by atoms with E-state index in [9.17, 15) is 40.5 Å². The summed E-state index contributed by atoms with van der Waals surface area (Å²) in [6.07, 6.45) is 25.2. The average molecular weight is 931 g/mol. The maximum atomic E-state index is 13.0. The quantitative estimate of drug-likeness (QED) is 0.0179. The number of hydrogen-bond acceptors (Lipinski definition) is 14. The maximum absolute atomic E-state index is 13.0. The summed E-state index contributed by atoms with van der Waals surface area (Å²) >= 11 is 0. The SMILES string of the molecule is CCCCCCCC/C=C\CCCCCCCCOCC(COC1OC(COC2OC(CO)C(O)C(O)C2O)C(O)C(O)C1O)OC(=O)CCCCCCC/C=C\CCCCCCCC. The summed E-state index contributed by atoms with van der Waals surface area (Å²) in [4.78, 5) is 13.0. The topological polar surface area (TPSA) is 214 Å². The number of carbonyl (C=O) groups is 1. The second kappa shape index (κ2) is 39.3. The van der Waals surface area contributed by atoms with E-state index in [1.807, 2.05) is 0 Å². The highest BCUT2D eigenvalue weighted by molar-refractivity contribution is 5.69. The summed E-state index contributed by atoms with van der Waals surface area (Å²) in [5, 5.41) is 72.1. The summed E-state index contributed by atoms with van der Waals surface area (Å²) in [6, 6.07) is 0. The van der Waals surface area contributed by atoms with Crippen LogP contribution in [0.2, 0.25) is 0 Å². The molecular formula is C51H94O14. The summed E-state index contributed by atoms with van der Waals surface area (Å²) in [5.74, 6) is -0.386. The summed E-state index contributed by atoms with van der Waals surface area (Å²) in [6.45, 7) is 3.66. The molecule has 0 aromatic heterocycles. The van der Waals surface area contributed by atoms with Crippen LogP contribution in [-0.4, -0.2) is 142 Å². The van der Waals surface area contributed by atoms with Gasteiger partial charge in [-0.25, -0.2) is 0 Å². The lowest BCUT2D eigenvalue weighted by Crippen LogP contribution is -2.61. The lowest BCUT2D eigenvalue weighted by atomic mass is 9.98. The highest BCUT2D eigenvalue weighted by Crippen LogP contribution is 2.26. The number of unbranched alkanes of at least 4 members (excludes halogenated alkanes) is 23. The van der Waals surface area contributed by atoms with Gasteiger partial charge >= 0.3 is 5.97 Å². The zero-order chi connectivity index (χ0) is 47.3. The second-order valence-electron chi connectivity index (χ2n) is 18.3. The van der Waals surface area contributed by atoms with Crippen molar-refractivity contribution in [3.63, 3.8) is 0 Å². The van der Waals surface area contributed by atoms with Gasteiger partial charge in [-0.2, -0.15) is 0 Å². The normalized spacial score (nSPS) is 26.7. The Hall–Kier alpha value is -1.53. The van der Waals surface area contributed by atoms with Gasteiger partial charge in [0.05, 0.1) is 26.4 Å². The van der Waals surface area contributed by atoms with Gasteiger partial charge in [0.2, 0.25) is 0 Å². The Labute approximate surface area is 392 Å². The molecule has 2 heterocycles. The molecule has 0 aromatic rings. The number of ether oxygens (including phenoxy) is 6. The van der Waals surface area contributed by atoms with Gasteiger partial charge in [0.25, 0.3) is 0 Å². The third kappa shape index (κ3) is 27.3. The predicted octanol–water partition coefficient (Wildman–Crippen LogP) is 7.63. The van der Waals surface area contributed by atoms with Crippen LogP contribution in [-0.2, 0) is 33.2 Å². The van der Waals surface area contributed by atoms with E-state index in [2.05, 4.69) is 38.2 Å². The molecule has 11 atom stereocenters. The molecular weight excluding hydrogens is 837 g/mol. The Morgan fingerprint density at radius 3 is 1.40 bits per heavy atom. The van der Waals surface area contributed by atoms with E-state index < -0.39 is 80.7 Å². The monoisotopic (exact) mass is 931 g/mol. The third-order valence-corrected chi connectivity index (χ3v) is 12.4. The van der Waals surface area contributed by atoms with Crippen molar-refractivity contribution in [1.29, 1.82) is 0 Å². The van der Waals surface area contributed by atoms with Crippen molar-refractivity contribution in [1.82, 2.24) is 0 Å².